The summed E-state index contributed by atoms with van der Waals surface area (Å²) in [6.45, 7) is 4.06. The Kier molecular flexibility index (Phi) is 5.95. The van der Waals surface area contributed by atoms with Crippen LogP contribution in [0.15, 0.2) is 67.0 Å². The third-order valence-electron chi connectivity index (χ3n) is 5.86. The van der Waals surface area contributed by atoms with E-state index < -0.39 is 0 Å². The fraction of sp³-hybridized carbons (Fsp3) is 0.208. The summed E-state index contributed by atoms with van der Waals surface area (Å²) in [5, 5.41) is 8.03. The lowest BCUT2D eigenvalue weighted by atomic mass is 10.1. The molecule has 5 rings (SSSR count). The number of piperazine rings is 1. The average molecular weight is 462 g/mol. The molecule has 0 spiro atoms. The van der Waals surface area contributed by atoms with Gasteiger partial charge in [0, 0.05) is 49.6 Å². The number of hydrogen-bond donors (Lipinski definition) is 2. The van der Waals surface area contributed by atoms with Crippen molar-refractivity contribution in [3.8, 4) is 11.1 Å². The van der Waals surface area contributed by atoms with Gasteiger partial charge in [0.25, 0.3) is 5.91 Å². The van der Waals surface area contributed by atoms with Gasteiger partial charge in [-0.25, -0.2) is 9.50 Å². The summed E-state index contributed by atoms with van der Waals surface area (Å²) < 4.78 is 1.65. The standard InChI is InChI=1S/C24H24ClN7O/c25-18-5-3-4-17(14-18)19-15-27-32-9-8-21(28-23(19)32)24(33)29-20-6-1-2-7-22(20)31-12-10-30(16-26)11-13-31/h1-9,14-15H,10-13,16,26H2,(H,29,33). The molecule has 0 aliphatic carbocycles. The van der Waals surface area contributed by atoms with Crippen LogP contribution in [0, 0.1) is 0 Å². The van der Waals surface area contributed by atoms with Gasteiger partial charge in [0.2, 0.25) is 0 Å². The zero-order valence-corrected chi connectivity index (χ0v) is 18.7. The summed E-state index contributed by atoms with van der Waals surface area (Å²) in [6.07, 6.45) is 3.47. The maximum Gasteiger partial charge on any atom is 0.274 e. The highest BCUT2D eigenvalue weighted by Crippen LogP contribution is 2.28. The summed E-state index contributed by atoms with van der Waals surface area (Å²) >= 11 is 6.16. The van der Waals surface area contributed by atoms with E-state index in [0.29, 0.717) is 23.0 Å². The van der Waals surface area contributed by atoms with Crippen LogP contribution in [0.2, 0.25) is 5.02 Å². The van der Waals surface area contributed by atoms with Crippen LogP contribution in [0.4, 0.5) is 11.4 Å². The van der Waals surface area contributed by atoms with Crippen molar-refractivity contribution in [1.82, 2.24) is 19.5 Å². The maximum absolute atomic E-state index is 13.1. The van der Waals surface area contributed by atoms with Crippen LogP contribution in [0.1, 0.15) is 10.5 Å². The first-order valence-electron chi connectivity index (χ1n) is 10.8. The summed E-state index contributed by atoms with van der Waals surface area (Å²) in [4.78, 5) is 22.2. The molecular weight excluding hydrogens is 438 g/mol. The highest BCUT2D eigenvalue weighted by molar-refractivity contribution is 6.30. The third-order valence-corrected chi connectivity index (χ3v) is 6.10. The largest absolute Gasteiger partial charge is 0.367 e. The molecule has 4 aromatic rings. The Balaban J connectivity index is 1.41. The monoisotopic (exact) mass is 461 g/mol. The molecule has 2 aromatic carbocycles. The average Bonchev–Trinajstić information content (AvgIpc) is 3.28. The molecule has 3 N–H and O–H groups in total. The predicted molar refractivity (Wildman–Crippen MR) is 131 cm³/mol. The number of amides is 1. The molecule has 1 aliphatic heterocycles. The van der Waals surface area contributed by atoms with Crippen molar-refractivity contribution in [1.29, 1.82) is 0 Å². The highest BCUT2D eigenvalue weighted by atomic mass is 35.5. The van der Waals surface area contributed by atoms with Crippen LogP contribution >= 0.6 is 11.6 Å². The van der Waals surface area contributed by atoms with E-state index in [1.807, 2.05) is 48.5 Å². The fourth-order valence-electron chi connectivity index (χ4n) is 4.07. The Morgan fingerprint density at radius 1 is 1.06 bits per heavy atom. The Morgan fingerprint density at radius 2 is 1.88 bits per heavy atom. The number of aromatic nitrogens is 3. The van der Waals surface area contributed by atoms with E-state index in [2.05, 4.69) is 25.2 Å². The predicted octanol–water partition coefficient (Wildman–Crippen LogP) is 3.34. The molecule has 0 unspecified atom stereocenters. The lowest BCUT2D eigenvalue weighted by Crippen LogP contribution is -2.48. The molecule has 8 nitrogen and oxygen atoms in total. The Bertz CT molecular complexity index is 1300. The molecule has 0 atom stereocenters. The number of nitrogens with two attached hydrogens (primary N) is 1. The van der Waals surface area contributed by atoms with Gasteiger partial charge in [-0.3, -0.25) is 9.69 Å². The molecule has 1 aliphatic rings. The molecule has 9 heteroatoms. The molecule has 33 heavy (non-hydrogen) atoms. The topological polar surface area (TPSA) is 91.8 Å². The third kappa shape index (κ3) is 4.41. The van der Waals surface area contributed by atoms with Crippen molar-refractivity contribution in [2.24, 2.45) is 5.73 Å². The Hall–Kier alpha value is -3.46. The fourth-order valence-corrected chi connectivity index (χ4v) is 4.26. The van der Waals surface area contributed by atoms with Gasteiger partial charge in [-0.05, 0) is 35.9 Å². The highest BCUT2D eigenvalue weighted by Gasteiger charge is 2.20. The van der Waals surface area contributed by atoms with E-state index >= 15 is 0 Å². The smallest absolute Gasteiger partial charge is 0.274 e. The van der Waals surface area contributed by atoms with Crippen LogP contribution in [0.3, 0.4) is 0 Å². The molecule has 2 aromatic heterocycles. The Morgan fingerprint density at radius 3 is 2.67 bits per heavy atom. The molecule has 1 fully saturated rings. The van der Waals surface area contributed by atoms with Crippen LogP contribution in [-0.4, -0.2) is 58.3 Å². The van der Waals surface area contributed by atoms with Gasteiger partial charge in [-0.1, -0.05) is 35.9 Å². The maximum atomic E-state index is 13.1. The van der Waals surface area contributed by atoms with Gasteiger partial charge in [0.15, 0.2) is 5.65 Å². The summed E-state index contributed by atoms with van der Waals surface area (Å²) in [7, 11) is 0. The number of rotatable bonds is 5. The summed E-state index contributed by atoms with van der Waals surface area (Å²) in [5.41, 5.74) is 10.1. The van der Waals surface area contributed by atoms with Crippen molar-refractivity contribution in [3.05, 3.63) is 77.7 Å². The lowest BCUT2D eigenvalue weighted by Gasteiger charge is -2.36. The number of para-hydroxylation sites is 2. The van der Waals surface area contributed by atoms with Crippen LogP contribution in [0.25, 0.3) is 16.8 Å². The second kappa shape index (κ2) is 9.19. The summed E-state index contributed by atoms with van der Waals surface area (Å²) in [6, 6.07) is 17.0. The molecule has 168 valence electrons. The van der Waals surface area contributed by atoms with Crippen LogP contribution in [-0.2, 0) is 0 Å². The molecule has 1 saturated heterocycles. The van der Waals surface area contributed by atoms with E-state index in [9.17, 15) is 4.79 Å². The minimum atomic E-state index is -0.274. The second-order valence-electron chi connectivity index (χ2n) is 7.91. The minimum Gasteiger partial charge on any atom is -0.367 e. The zero-order valence-electron chi connectivity index (χ0n) is 18.0. The van der Waals surface area contributed by atoms with Crippen LogP contribution < -0.4 is 16.0 Å². The molecule has 1 amide bonds. The van der Waals surface area contributed by atoms with E-state index in [4.69, 9.17) is 17.3 Å². The van der Waals surface area contributed by atoms with Gasteiger partial charge in [-0.2, -0.15) is 5.10 Å². The molecule has 0 saturated carbocycles. The van der Waals surface area contributed by atoms with Crippen molar-refractivity contribution in [2.75, 3.05) is 43.1 Å². The van der Waals surface area contributed by atoms with Crippen LogP contribution in [0.5, 0.6) is 0 Å². The number of carbonyl (C=O) groups is 1. The first-order chi connectivity index (χ1) is 16.1. The zero-order chi connectivity index (χ0) is 22.8. The van der Waals surface area contributed by atoms with Crippen molar-refractivity contribution in [2.45, 2.75) is 0 Å². The number of nitrogens with one attached hydrogen (secondary N) is 1. The van der Waals surface area contributed by atoms with Crippen molar-refractivity contribution in [3.63, 3.8) is 0 Å². The van der Waals surface area contributed by atoms with Gasteiger partial charge >= 0.3 is 0 Å². The number of halogens is 1. The van der Waals surface area contributed by atoms with Crippen molar-refractivity contribution >= 4 is 34.5 Å². The van der Waals surface area contributed by atoms with Gasteiger partial charge in [-0.15, -0.1) is 0 Å². The number of fused-ring (bicyclic) bond motifs is 1. The number of benzene rings is 2. The molecule has 3 heterocycles. The number of anilines is 2. The quantitative estimate of drug-likeness (QED) is 0.473. The van der Waals surface area contributed by atoms with E-state index in [1.165, 1.54) is 0 Å². The number of hydrogen-bond acceptors (Lipinski definition) is 6. The Labute approximate surface area is 196 Å². The van der Waals surface area contributed by atoms with Gasteiger partial charge in [0.1, 0.15) is 5.69 Å². The molecule has 0 radical (unpaired) electrons. The molecule has 0 bridgehead atoms. The minimum absolute atomic E-state index is 0.274. The van der Waals surface area contributed by atoms with Gasteiger partial charge in [0.05, 0.1) is 17.6 Å². The SMILES string of the molecule is NCN1CCN(c2ccccc2NC(=O)c2ccn3ncc(-c4cccc(Cl)c4)c3n2)CC1. The van der Waals surface area contributed by atoms with E-state index in [1.54, 1.807) is 23.0 Å². The number of carbonyl (C=O) groups excluding carboxylic acids is 1. The lowest BCUT2D eigenvalue weighted by molar-refractivity contribution is 0.102. The second-order valence-corrected chi connectivity index (χ2v) is 8.34. The first kappa shape index (κ1) is 21.4. The number of nitrogens with zero attached hydrogens (tertiary/aromatic N) is 5. The first-order valence-corrected chi connectivity index (χ1v) is 11.2. The summed E-state index contributed by atoms with van der Waals surface area (Å²) in [5.74, 6) is -0.274. The normalized spacial score (nSPS) is 14.5. The van der Waals surface area contributed by atoms with Gasteiger partial charge < -0.3 is 16.0 Å². The van der Waals surface area contributed by atoms with Crippen molar-refractivity contribution < 1.29 is 4.79 Å². The van der Waals surface area contributed by atoms with E-state index in [0.717, 1.165) is 48.7 Å². The van der Waals surface area contributed by atoms with E-state index in [-0.39, 0.29) is 5.91 Å². The molecular formula is C24H24ClN7O.